The quantitative estimate of drug-likeness (QED) is 0.237. The van der Waals surface area contributed by atoms with Crippen molar-refractivity contribution in [1.29, 1.82) is 0 Å². The summed E-state index contributed by atoms with van der Waals surface area (Å²) in [4.78, 5) is 27.2. The fourth-order valence-corrected chi connectivity index (χ4v) is 3.82. The van der Waals surface area contributed by atoms with Gasteiger partial charge in [0.1, 0.15) is 11.4 Å². The van der Waals surface area contributed by atoms with E-state index in [1.165, 1.54) is 23.9 Å². The third-order valence-corrected chi connectivity index (χ3v) is 5.54. The molecule has 10 nitrogen and oxygen atoms in total. The molecule has 4 aromatic rings. The maximum absolute atomic E-state index is 12.5. The van der Waals surface area contributed by atoms with Crippen LogP contribution in [0.1, 0.15) is 0 Å². The van der Waals surface area contributed by atoms with Gasteiger partial charge in [0, 0.05) is 29.7 Å². The Bertz CT molecular complexity index is 1280. The van der Waals surface area contributed by atoms with E-state index < -0.39 is 10.8 Å². The zero-order valence-corrected chi connectivity index (χ0v) is 18.2. The fourth-order valence-electron chi connectivity index (χ4n) is 3.07. The number of hydrogen-bond acceptors (Lipinski definition) is 8. The van der Waals surface area contributed by atoms with Gasteiger partial charge in [-0.3, -0.25) is 24.5 Å². The summed E-state index contributed by atoms with van der Waals surface area (Å²) < 4.78 is 7.07. The average Bonchev–Trinajstić information content (AvgIpc) is 3.27. The summed E-state index contributed by atoms with van der Waals surface area (Å²) >= 11 is 1.17. The highest BCUT2D eigenvalue weighted by Gasteiger charge is 2.19. The number of anilines is 1. The second kappa shape index (κ2) is 9.92. The Balaban J connectivity index is 1.59. The van der Waals surface area contributed by atoms with Gasteiger partial charge in [0.15, 0.2) is 11.0 Å². The lowest BCUT2D eigenvalue weighted by Gasteiger charge is -2.11. The van der Waals surface area contributed by atoms with Crippen molar-refractivity contribution in [1.82, 2.24) is 19.7 Å². The molecule has 2 heterocycles. The van der Waals surface area contributed by atoms with E-state index in [1.807, 2.05) is 41.0 Å². The van der Waals surface area contributed by atoms with E-state index >= 15 is 0 Å². The molecule has 2 aromatic carbocycles. The molecule has 0 aliphatic rings. The van der Waals surface area contributed by atoms with Gasteiger partial charge in [-0.05, 0) is 42.5 Å². The Hall–Kier alpha value is -4.25. The zero-order valence-electron chi connectivity index (χ0n) is 17.4. The highest BCUT2D eigenvalue weighted by atomic mass is 32.2. The second-order valence-electron chi connectivity index (χ2n) is 6.69. The molecule has 0 atom stereocenters. The number of benzene rings is 2. The lowest BCUT2D eigenvalue weighted by atomic mass is 10.2. The molecule has 0 unspecified atom stereocenters. The number of carbonyl (C=O) groups is 1. The van der Waals surface area contributed by atoms with Gasteiger partial charge in [0.05, 0.1) is 17.8 Å². The lowest BCUT2D eigenvalue weighted by Crippen LogP contribution is -2.15. The van der Waals surface area contributed by atoms with Crippen molar-refractivity contribution in [3.63, 3.8) is 0 Å². The first-order chi connectivity index (χ1) is 16.1. The number of nitrogens with zero attached hydrogens (tertiary/aromatic N) is 5. The number of pyridine rings is 1. The maximum atomic E-state index is 12.5. The molecule has 166 valence electrons. The van der Waals surface area contributed by atoms with Crippen LogP contribution in [0.2, 0.25) is 0 Å². The number of hydrogen-bond donors (Lipinski definition) is 1. The van der Waals surface area contributed by atoms with E-state index in [-0.39, 0.29) is 17.1 Å². The van der Waals surface area contributed by atoms with Gasteiger partial charge in [-0.25, -0.2) is 0 Å². The smallest absolute Gasteiger partial charge is 0.292 e. The number of aromatic nitrogens is 4. The Labute approximate surface area is 192 Å². The standard InChI is InChI=1S/C22H18N6O4S/c1-32-17-8-6-16(7-9-17)27-21(15-10-12-23-13-11-15)25-26-22(27)33-14-20(29)24-18-4-2-3-5-19(18)28(30)31/h2-13H,14H2,1H3,(H,24,29). The topological polar surface area (TPSA) is 125 Å². The Morgan fingerprint density at radius 3 is 2.52 bits per heavy atom. The molecule has 1 amide bonds. The van der Waals surface area contributed by atoms with Crippen LogP contribution in [0.4, 0.5) is 11.4 Å². The number of thioether (sulfide) groups is 1. The van der Waals surface area contributed by atoms with Crippen LogP contribution in [0.25, 0.3) is 17.1 Å². The first-order valence-corrected chi connectivity index (χ1v) is 10.7. The molecule has 0 saturated heterocycles. The number of methoxy groups -OCH3 is 1. The van der Waals surface area contributed by atoms with Crippen molar-refractivity contribution >= 4 is 29.0 Å². The van der Waals surface area contributed by atoms with E-state index in [4.69, 9.17) is 4.74 Å². The molecule has 4 rings (SSSR count). The predicted molar refractivity (Wildman–Crippen MR) is 124 cm³/mol. The molecule has 0 radical (unpaired) electrons. The van der Waals surface area contributed by atoms with Crippen molar-refractivity contribution < 1.29 is 14.5 Å². The van der Waals surface area contributed by atoms with E-state index in [2.05, 4.69) is 20.5 Å². The third-order valence-electron chi connectivity index (χ3n) is 4.61. The van der Waals surface area contributed by atoms with E-state index in [1.54, 1.807) is 31.6 Å². The van der Waals surface area contributed by atoms with Crippen LogP contribution in [-0.2, 0) is 4.79 Å². The van der Waals surface area contributed by atoms with Gasteiger partial charge < -0.3 is 10.1 Å². The molecule has 11 heteroatoms. The van der Waals surface area contributed by atoms with Crippen LogP contribution in [0.15, 0.2) is 78.2 Å². The first kappa shape index (κ1) is 22.0. The SMILES string of the molecule is COc1ccc(-n2c(SCC(=O)Nc3ccccc3[N+](=O)[O-])nnc2-c2ccncc2)cc1. The molecular formula is C22H18N6O4S. The molecule has 1 N–H and O–H groups in total. The number of rotatable bonds is 8. The van der Waals surface area contributed by atoms with Gasteiger partial charge >= 0.3 is 0 Å². The van der Waals surface area contributed by atoms with Crippen molar-refractivity contribution in [3.8, 4) is 22.8 Å². The highest BCUT2D eigenvalue weighted by Crippen LogP contribution is 2.29. The molecule has 0 fully saturated rings. The number of para-hydroxylation sites is 2. The molecule has 0 aliphatic heterocycles. The summed E-state index contributed by atoms with van der Waals surface area (Å²) in [6, 6.07) is 17.0. The van der Waals surface area contributed by atoms with Crippen molar-refractivity contribution in [2.75, 3.05) is 18.2 Å². The minimum Gasteiger partial charge on any atom is -0.497 e. The van der Waals surface area contributed by atoms with E-state index in [0.717, 1.165) is 11.3 Å². The monoisotopic (exact) mass is 462 g/mol. The highest BCUT2D eigenvalue weighted by molar-refractivity contribution is 7.99. The van der Waals surface area contributed by atoms with Crippen molar-refractivity contribution in [2.24, 2.45) is 0 Å². The normalized spacial score (nSPS) is 10.6. The summed E-state index contributed by atoms with van der Waals surface area (Å²) in [5.41, 5.74) is 1.57. The molecule has 2 aromatic heterocycles. The first-order valence-electron chi connectivity index (χ1n) is 9.73. The second-order valence-corrected chi connectivity index (χ2v) is 7.63. The van der Waals surface area contributed by atoms with Crippen LogP contribution >= 0.6 is 11.8 Å². The van der Waals surface area contributed by atoms with Gasteiger partial charge in [-0.2, -0.15) is 0 Å². The average molecular weight is 462 g/mol. The fraction of sp³-hybridized carbons (Fsp3) is 0.0909. The van der Waals surface area contributed by atoms with Crippen molar-refractivity contribution in [2.45, 2.75) is 5.16 Å². The van der Waals surface area contributed by atoms with E-state index in [9.17, 15) is 14.9 Å². The molecular weight excluding hydrogens is 444 g/mol. The van der Waals surface area contributed by atoms with Crippen LogP contribution in [0.5, 0.6) is 5.75 Å². The number of nitro groups is 1. The van der Waals surface area contributed by atoms with Crippen LogP contribution in [0.3, 0.4) is 0 Å². The summed E-state index contributed by atoms with van der Waals surface area (Å²) in [5, 5.41) is 22.9. The van der Waals surface area contributed by atoms with Crippen molar-refractivity contribution in [3.05, 3.63) is 83.2 Å². The summed E-state index contributed by atoms with van der Waals surface area (Å²) in [5.74, 6) is 0.875. The third kappa shape index (κ3) is 4.99. The molecule has 0 bridgehead atoms. The lowest BCUT2D eigenvalue weighted by molar-refractivity contribution is -0.383. The maximum Gasteiger partial charge on any atom is 0.292 e. The van der Waals surface area contributed by atoms with Crippen LogP contribution in [-0.4, -0.2) is 43.4 Å². The predicted octanol–water partition coefficient (Wildman–Crippen LogP) is 3.98. The number of carbonyl (C=O) groups excluding carboxylic acids is 1. The number of ether oxygens (including phenoxy) is 1. The van der Waals surface area contributed by atoms with Gasteiger partial charge in [0.25, 0.3) is 5.69 Å². The van der Waals surface area contributed by atoms with Gasteiger partial charge in [-0.15, -0.1) is 10.2 Å². The molecule has 0 spiro atoms. The summed E-state index contributed by atoms with van der Waals surface area (Å²) in [6.45, 7) is 0. The summed E-state index contributed by atoms with van der Waals surface area (Å²) in [6.07, 6.45) is 3.32. The number of nitrogens with one attached hydrogen (secondary N) is 1. The molecule has 33 heavy (non-hydrogen) atoms. The number of amides is 1. The Morgan fingerprint density at radius 1 is 1.09 bits per heavy atom. The molecule has 0 saturated carbocycles. The van der Waals surface area contributed by atoms with Gasteiger partial charge in [0.2, 0.25) is 5.91 Å². The van der Waals surface area contributed by atoms with E-state index in [0.29, 0.717) is 16.7 Å². The summed E-state index contributed by atoms with van der Waals surface area (Å²) in [7, 11) is 1.59. The zero-order chi connectivity index (χ0) is 23.2. The minimum absolute atomic E-state index is 0.0172. The van der Waals surface area contributed by atoms with Crippen LogP contribution in [0, 0.1) is 10.1 Å². The minimum atomic E-state index is -0.538. The largest absolute Gasteiger partial charge is 0.497 e. The van der Waals surface area contributed by atoms with Crippen LogP contribution < -0.4 is 10.1 Å². The molecule has 0 aliphatic carbocycles. The number of nitro benzene ring substituents is 1. The Kier molecular flexibility index (Phi) is 6.60. The Morgan fingerprint density at radius 2 is 1.82 bits per heavy atom. The van der Waals surface area contributed by atoms with Gasteiger partial charge in [-0.1, -0.05) is 23.9 Å².